The van der Waals surface area contributed by atoms with E-state index in [4.69, 9.17) is 4.42 Å². The lowest BCUT2D eigenvalue weighted by atomic mass is 10.1. The molecule has 0 N–H and O–H groups in total. The summed E-state index contributed by atoms with van der Waals surface area (Å²) in [5.74, 6) is -0.311. The van der Waals surface area contributed by atoms with Gasteiger partial charge in [0.25, 0.3) is 0 Å². The van der Waals surface area contributed by atoms with Gasteiger partial charge >= 0.3 is 5.63 Å². The second-order valence-corrected chi connectivity index (χ2v) is 4.38. The van der Waals surface area contributed by atoms with Crippen molar-refractivity contribution in [3.63, 3.8) is 0 Å². The number of fused-ring (bicyclic) bond motifs is 1. The first-order valence-electron chi connectivity index (χ1n) is 5.99. The highest BCUT2D eigenvalue weighted by atomic mass is 16.4. The summed E-state index contributed by atoms with van der Waals surface area (Å²) in [7, 11) is 0. The maximum atomic E-state index is 11.6. The molecule has 5 nitrogen and oxygen atoms in total. The molecule has 5 heteroatoms. The number of nitrogens with zero attached hydrogens (tertiary/aromatic N) is 2. The normalized spacial score (nSPS) is 10.7. The monoisotopic (exact) mass is 266 g/mol. The Balaban J connectivity index is 2.23. The first-order chi connectivity index (χ1) is 9.65. The van der Waals surface area contributed by atoms with E-state index in [0.717, 1.165) is 11.1 Å². The highest BCUT2D eigenvalue weighted by Crippen LogP contribution is 2.23. The molecule has 0 fully saturated rings. The van der Waals surface area contributed by atoms with Crippen LogP contribution >= 0.6 is 0 Å². The number of aromatic nitrogens is 2. The van der Waals surface area contributed by atoms with Crippen molar-refractivity contribution < 1.29 is 9.21 Å². The summed E-state index contributed by atoms with van der Waals surface area (Å²) in [5, 5.41) is 0.691. The molecule has 0 radical (unpaired) electrons. The lowest BCUT2D eigenvalue weighted by molar-refractivity contribution is 0.101. The van der Waals surface area contributed by atoms with Gasteiger partial charge in [-0.1, -0.05) is 6.07 Å². The molecule has 0 spiro atoms. The van der Waals surface area contributed by atoms with Crippen molar-refractivity contribution in [1.29, 1.82) is 0 Å². The van der Waals surface area contributed by atoms with Crippen LogP contribution in [0.15, 0.2) is 52.2 Å². The van der Waals surface area contributed by atoms with Crippen molar-refractivity contribution in [3.8, 4) is 11.1 Å². The number of rotatable bonds is 2. The first kappa shape index (κ1) is 12.2. The van der Waals surface area contributed by atoms with Crippen LogP contribution in [-0.4, -0.2) is 15.8 Å². The van der Waals surface area contributed by atoms with Crippen LogP contribution in [0.2, 0.25) is 0 Å². The van der Waals surface area contributed by atoms with Crippen molar-refractivity contribution >= 4 is 16.8 Å². The van der Waals surface area contributed by atoms with Gasteiger partial charge in [0, 0.05) is 23.3 Å². The van der Waals surface area contributed by atoms with Crippen LogP contribution in [0.4, 0.5) is 0 Å². The lowest BCUT2D eigenvalue weighted by Crippen LogP contribution is -2.10. The van der Waals surface area contributed by atoms with Crippen molar-refractivity contribution in [3.05, 3.63) is 59.0 Å². The van der Waals surface area contributed by atoms with Crippen molar-refractivity contribution in [2.24, 2.45) is 0 Å². The minimum Gasteiger partial charge on any atom is -0.422 e. The maximum Gasteiger partial charge on any atom is 0.347 e. The van der Waals surface area contributed by atoms with Gasteiger partial charge in [0.05, 0.1) is 0 Å². The molecule has 3 rings (SSSR count). The fourth-order valence-electron chi connectivity index (χ4n) is 2.00. The molecule has 0 amide bonds. The quantitative estimate of drug-likeness (QED) is 0.526. The van der Waals surface area contributed by atoms with Gasteiger partial charge in [-0.25, -0.2) is 14.8 Å². The molecule has 0 aliphatic heterocycles. The molecule has 0 bridgehead atoms. The van der Waals surface area contributed by atoms with E-state index in [1.807, 2.05) is 12.1 Å². The third-order valence-electron chi connectivity index (χ3n) is 3.01. The minimum atomic E-state index is -0.610. The standard InChI is InChI=1S/C15H10N2O3/c1-9(18)13-5-11-4-10(12-6-16-8-17-7-12)2-3-14(11)20-15(13)19/h2-8H,1H3. The first-order valence-corrected chi connectivity index (χ1v) is 5.99. The summed E-state index contributed by atoms with van der Waals surface area (Å²) in [6.07, 6.45) is 4.84. The average Bonchev–Trinajstić information content (AvgIpc) is 2.47. The zero-order chi connectivity index (χ0) is 14.1. The second-order valence-electron chi connectivity index (χ2n) is 4.38. The Morgan fingerprint density at radius 1 is 1.10 bits per heavy atom. The van der Waals surface area contributed by atoms with Gasteiger partial charge in [-0.3, -0.25) is 4.79 Å². The van der Waals surface area contributed by atoms with Crippen LogP contribution < -0.4 is 5.63 Å². The van der Waals surface area contributed by atoms with Gasteiger partial charge < -0.3 is 4.42 Å². The van der Waals surface area contributed by atoms with Crippen LogP contribution in [0.1, 0.15) is 17.3 Å². The molecule has 0 atom stereocenters. The molecule has 98 valence electrons. The summed E-state index contributed by atoms with van der Waals surface area (Å²) in [5.41, 5.74) is 1.63. The van der Waals surface area contributed by atoms with E-state index in [0.29, 0.717) is 11.0 Å². The van der Waals surface area contributed by atoms with Crippen molar-refractivity contribution in [2.75, 3.05) is 0 Å². The number of carbonyl (C=O) groups is 1. The zero-order valence-electron chi connectivity index (χ0n) is 10.7. The third kappa shape index (κ3) is 2.09. The lowest BCUT2D eigenvalue weighted by Gasteiger charge is -2.03. The highest BCUT2D eigenvalue weighted by Gasteiger charge is 2.10. The number of hydrogen-bond acceptors (Lipinski definition) is 5. The van der Waals surface area contributed by atoms with Crippen LogP contribution in [-0.2, 0) is 0 Å². The molecule has 1 aromatic carbocycles. The molecule has 0 saturated heterocycles. The van der Waals surface area contributed by atoms with E-state index in [1.165, 1.54) is 13.3 Å². The Labute approximate surface area is 113 Å². The Bertz CT molecular complexity index is 854. The van der Waals surface area contributed by atoms with E-state index in [2.05, 4.69) is 9.97 Å². The van der Waals surface area contributed by atoms with Gasteiger partial charge in [0.15, 0.2) is 5.78 Å². The number of hydrogen-bond donors (Lipinski definition) is 0. The van der Waals surface area contributed by atoms with Crippen LogP contribution in [0.3, 0.4) is 0 Å². The van der Waals surface area contributed by atoms with Gasteiger partial charge in [-0.2, -0.15) is 0 Å². The molecule has 0 saturated carbocycles. The second kappa shape index (κ2) is 4.70. The van der Waals surface area contributed by atoms with Crippen molar-refractivity contribution in [2.45, 2.75) is 6.92 Å². The highest BCUT2D eigenvalue weighted by molar-refractivity contribution is 5.97. The number of Topliss-reactive ketones (excluding diaryl/α,β-unsaturated/α-hetero) is 1. The number of ketones is 1. The largest absolute Gasteiger partial charge is 0.422 e. The Morgan fingerprint density at radius 3 is 2.55 bits per heavy atom. The summed E-state index contributed by atoms with van der Waals surface area (Å²) in [4.78, 5) is 30.9. The van der Waals surface area contributed by atoms with Crippen LogP contribution in [0.5, 0.6) is 0 Å². The van der Waals surface area contributed by atoms with Crippen LogP contribution in [0, 0.1) is 0 Å². The van der Waals surface area contributed by atoms with Gasteiger partial charge in [0.2, 0.25) is 0 Å². The molecule has 0 aliphatic carbocycles. The fourth-order valence-corrected chi connectivity index (χ4v) is 2.00. The zero-order valence-corrected chi connectivity index (χ0v) is 10.7. The molecule has 0 aliphatic rings. The summed E-state index contributed by atoms with van der Waals surface area (Å²) < 4.78 is 5.14. The molecular formula is C15H10N2O3. The molecule has 2 aromatic heterocycles. The van der Waals surface area contributed by atoms with Crippen molar-refractivity contribution in [1.82, 2.24) is 9.97 Å². The summed E-state index contributed by atoms with van der Waals surface area (Å²) in [6, 6.07) is 6.90. The molecule has 3 aromatic rings. The summed E-state index contributed by atoms with van der Waals surface area (Å²) >= 11 is 0. The molecule has 20 heavy (non-hydrogen) atoms. The SMILES string of the molecule is CC(=O)c1cc2cc(-c3cncnc3)ccc2oc1=O. The van der Waals surface area contributed by atoms with Gasteiger partial charge in [0.1, 0.15) is 17.5 Å². The van der Waals surface area contributed by atoms with Gasteiger partial charge in [-0.05, 0) is 30.7 Å². The maximum absolute atomic E-state index is 11.6. The Hall–Kier alpha value is -2.82. The predicted octanol–water partition coefficient (Wildman–Crippen LogP) is 2.45. The van der Waals surface area contributed by atoms with E-state index in [9.17, 15) is 9.59 Å². The third-order valence-corrected chi connectivity index (χ3v) is 3.01. The molecule has 0 unspecified atom stereocenters. The van der Waals surface area contributed by atoms with E-state index >= 15 is 0 Å². The van der Waals surface area contributed by atoms with Crippen LogP contribution in [0.25, 0.3) is 22.1 Å². The van der Waals surface area contributed by atoms with E-state index in [-0.39, 0.29) is 11.3 Å². The Morgan fingerprint density at radius 2 is 1.85 bits per heavy atom. The molecule has 2 heterocycles. The Kier molecular flexibility index (Phi) is 2.87. The fraction of sp³-hybridized carbons (Fsp3) is 0.0667. The predicted molar refractivity (Wildman–Crippen MR) is 73.5 cm³/mol. The smallest absolute Gasteiger partial charge is 0.347 e. The van der Waals surface area contributed by atoms with Gasteiger partial charge in [-0.15, -0.1) is 0 Å². The molecular weight excluding hydrogens is 256 g/mol. The number of benzene rings is 1. The van der Waals surface area contributed by atoms with E-state index < -0.39 is 5.63 Å². The topological polar surface area (TPSA) is 73.1 Å². The van der Waals surface area contributed by atoms with E-state index in [1.54, 1.807) is 24.5 Å². The minimum absolute atomic E-state index is 0.0546. The average molecular weight is 266 g/mol. The number of carbonyl (C=O) groups excluding carboxylic acids is 1. The summed E-state index contributed by atoms with van der Waals surface area (Å²) in [6.45, 7) is 1.34.